The summed E-state index contributed by atoms with van der Waals surface area (Å²) in [4.78, 5) is 133. The van der Waals surface area contributed by atoms with Crippen molar-refractivity contribution in [2.75, 3.05) is 208 Å². The van der Waals surface area contributed by atoms with E-state index in [1.54, 1.807) is 173 Å². The Morgan fingerprint density at radius 3 is 0.794 bits per heavy atom. The van der Waals surface area contributed by atoms with Crippen LogP contribution in [0, 0.1) is 0 Å². The van der Waals surface area contributed by atoms with E-state index in [9.17, 15) is 45.6 Å². The molecule has 6 aromatic rings. The second-order valence-electron chi connectivity index (χ2n) is 39.1. The van der Waals surface area contributed by atoms with Gasteiger partial charge in [0.05, 0.1) is 36.0 Å². The Balaban J connectivity index is 0.990. The molecule has 8 amide bonds. The number of amides is 8. The highest BCUT2D eigenvalue weighted by Crippen LogP contribution is 2.33. The van der Waals surface area contributed by atoms with E-state index in [1.807, 2.05) is 121 Å². The van der Waals surface area contributed by atoms with Gasteiger partial charge in [0.2, 0.25) is 31.9 Å². The first-order chi connectivity index (χ1) is 61.1. The second-order valence-corrected chi connectivity index (χ2v) is 42.6. The van der Waals surface area contributed by atoms with Crippen molar-refractivity contribution in [2.24, 2.45) is 0 Å². The topological polar surface area (TPSA) is 342 Å². The number of hydrogen-bond donors (Lipinski definition) is 2. The van der Waals surface area contributed by atoms with E-state index in [0.29, 0.717) is 28.7 Å². The Hall–Kier alpha value is -10.7. The summed E-state index contributed by atoms with van der Waals surface area (Å²) in [5.74, 6) is 0.184. The van der Waals surface area contributed by atoms with Gasteiger partial charge in [-0.25, -0.2) is 55.0 Å². The molecule has 2 fully saturated rings. The van der Waals surface area contributed by atoms with Crippen LogP contribution in [0.3, 0.4) is 0 Å². The monoisotopic (exact) mass is 1860 g/mol. The zero-order valence-electron chi connectivity index (χ0n) is 81.0. The molecule has 0 aliphatic carbocycles. The van der Waals surface area contributed by atoms with Gasteiger partial charge in [0.25, 0.3) is 0 Å². The smallest absolute Gasteiger partial charge is 0.410 e. The summed E-state index contributed by atoms with van der Waals surface area (Å²) in [5, 5.41) is 2.52. The van der Waals surface area contributed by atoms with Crippen LogP contribution >= 0.6 is 0 Å². The summed E-state index contributed by atoms with van der Waals surface area (Å²) >= 11 is 0. The van der Waals surface area contributed by atoms with Gasteiger partial charge < -0.3 is 86.9 Å². The highest BCUT2D eigenvalue weighted by Gasteiger charge is 2.35. The maximum atomic E-state index is 15.1. The number of sulfonamides is 2. The fourth-order valence-corrected chi connectivity index (χ4v) is 16.8. The lowest BCUT2D eigenvalue weighted by Gasteiger charge is -2.36. The molecule has 0 saturated carbocycles. The number of anilines is 2. The zero-order chi connectivity index (χ0) is 96.8. The van der Waals surface area contributed by atoms with Crippen LogP contribution in [0.25, 0.3) is 21.5 Å². The summed E-state index contributed by atoms with van der Waals surface area (Å²) in [7, 11) is -0.805. The van der Waals surface area contributed by atoms with Crippen LogP contribution in [0.1, 0.15) is 136 Å². The van der Waals surface area contributed by atoms with Gasteiger partial charge >= 0.3 is 36.6 Å². The molecule has 0 radical (unpaired) electrons. The van der Waals surface area contributed by atoms with Crippen molar-refractivity contribution in [1.29, 1.82) is 0 Å². The van der Waals surface area contributed by atoms with E-state index in [-0.39, 0.29) is 180 Å². The molecule has 0 aromatic heterocycles. The minimum absolute atomic E-state index is 0.00933. The van der Waals surface area contributed by atoms with Crippen molar-refractivity contribution in [3.8, 4) is 11.5 Å². The summed E-state index contributed by atoms with van der Waals surface area (Å²) in [6.07, 6.45) is -3.31. The number of nitrogens with one attached hydrogen (secondary N) is 2. The Bertz CT molecular complexity index is 4680. The van der Waals surface area contributed by atoms with Crippen LogP contribution < -0.4 is 28.7 Å². The normalized spacial score (nSPS) is 15.2. The lowest BCUT2D eigenvalue weighted by molar-refractivity contribution is -0.133. The molecule has 2 aliphatic heterocycles. The number of ether oxygens (including phenoxy) is 8. The van der Waals surface area contributed by atoms with Crippen LogP contribution in [0.2, 0.25) is 0 Å². The molecule has 2 aliphatic rings. The Labute approximate surface area is 775 Å². The highest BCUT2D eigenvalue weighted by molar-refractivity contribution is 7.90. The minimum Gasteiger partial charge on any atom is -0.492 e. The lowest BCUT2D eigenvalue weighted by atomic mass is 10.0. The van der Waals surface area contributed by atoms with Gasteiger partial charge in [-0.3, -0.25) is 19.4 Å². The fourth-order valence-electron chi connectivity index (χ4n) is 14.3. The quantitative estimate of drug-likeness (QED) is 0.0476. The van der Waals surface area contributed by atoms with Gasteiger partial charge in [0.15, 0.2) is 0 Å². The van der Waals surface area contributed by atoms with Crippen LogP contribution in [-0.2, 0) is 64.5 Å². The molecule has 0 unspecified atom stereocenters. The van der Waals surface area contributed by atoms with Crippen molar-refractivity contribution in [3.63, 3.8) is 0 Å². The number of benzene rings is 6. The molecule has 724 valence electrons. The number of rotatable bonds is 26. The third kappa shape index (κ3) is 34.8. The molecule has 0 atom stereocenters. The first kappa shape index (κ1) is 106. The average Bonchev–Trinajstić information content (AvgIpc) is 0.777. The second kappa shape index (κ2) is 46.1. The maximum absolute atomic E-state index is 15.1. The lowest BCUT2D eigenvalue weighted by Crippen LogP contribution is -2.52. The number of fused-ring (bicyclic) bond motifs is 2. The molecule has 34 nitrogen and oxygen atoms in total. The van der Waals surface area contributed by atoms with Gasteiger partial charge in [-0.15, -0.1) is 0 Å². The number of hydrogen-bond acceptors (Lipinski definition) is 24. The molecule has 0 bridgehead atoms. The van der Waals surface area contributed by atoms with Gasteiger partial charge in [-0.05, 0) is 191 Å². The summed E-state index contributed by atoms with van der Waals surface area (Å²) < 4.78 is 111. The Morgan fingerprint density at radius 1 is 0.313 bits per heavy atom. The molecule has 8 rings (SSSR count). The number of carbonyl (C=O) groups excluding carboxylic acids is 8. The van der Waals surface area contributed by atoms with E-state index in [2.05, 4.69) is 9.44 Å². The summed E-state index contributed by atoms with van der Waals surface area (Å²) in [6, 6.07) is 36.0. The van der Waals surface area contributed by atoms with Gasteiger partial charge in [0, 0.05) is 192 Å². The first-order valence-corrected chi connectivity index (χ1v) is 47.7. The van der Waals surface area contributed by atoms with E-state index in [4.69, 9.17) is 37.9 Å². The van der Waals surface area contributed by atoms with Crippen molar-refractivity contribution in [1.82, 2.24) is 58.4 Å². The average molecular weight is 1860 g/mol. The Morgan fingerprint density at radius 2 is 0.550 bits per heavy atom. The van der Waals surface area contributed by atoms with Crippen molar-refractivity contribution >= 4 is 101 Å². The maximum Gasteiger partial charge on any atom is 0.410 e. The van der Waals surface area contributed by atoms with E-state index < -0.39 is 102 Å². The minimum atomic E-state index is -4.16. The third-order valence-corrected chi connectivity index (χ3v) is 23.8. The van der Waals surface area contributed by atoms with Crippen molar-refractivity contribution in [3.05, 3.63) is 132 Å². The van der Waals surface area contributed by atoms with Crippen LogP contribution in [0.5, 0.6) is 11.5 Å². The third-order valence-electron chi connectivity index (χ3n) is 20.8. The molecule has 6 aromatic carbocycles. The predicted molar refractivity (Wildman–Crippen MR) is 506 cm³/mol. The van der Waals surface area contributed by atoms with Crippen molar-refractivity contribution < 1.29 is 93.1 Å². The largest absolute Gasteiger partial charge is 0.492 e. The standard InChI is InChI=1S/C95H142N14O20S2/c1-90(2,3)124-84(112)104-51-47-100(48-52-105(85(113)125-91(4,5)6)56-60-108(59-55-104)88(116)128-94(13,14)15)68-82(110)102(45-43-96-130(118,119)80-33-25-27-74-76(80)29-23-31-78(74)98(19)20)63-65-122-72-39-35-70(36-40-72)67-71-37-41-73(42-38-71)123-66-64-103(46-44-97-131(120,121)81-34-26-28-75-77(81)30-24-32-79(75)99(21)22)83(111)69-101-49-53-106(86(114)126-92(7,8)9)57-61-109(89(117)129-95(16,17)18)62-58-107(54-50-101)87(115)127-93(10,11)12/h23-42,96-97H,43-69H2,1-22H3. The number of nitrogens with zero attached hydrogens (tertiary/aromatic N) is 12. The molecule has 2 N–H and O–H groups in total. The van der Waals surface area contributed by atoms with E-state index in [0.717, 1.165) is 33.3 Å². The van der Waals surface area contributed by atoms with Gasteiger partial charge in [-0.2, -0.15) is 0 Å². The predicted octanol–water partition coefficient (Wildman–Crippen LogP) is 12.1. The van der Waals surface area contributed by atoms with Crippen LogP contribution in [0.15, 0.2) is 131 Å². The van der Waals surface area contributed by atoms with Gasteiger partial charge in [0.1, 0.15) is 58.3 Å². The number of carbonyl (C=O) groups is 8. The molecule has 36 heteroatoms. The van der Waals surface area contributed by atoms with E-state index >= 15 is 9.59 Å². The van der Waals surface area contributed by atoms with Crippen LogP contribution in [-0.4, -0.2) is 346 Å². The fraction of sp³-hybridized carbons (Fsp3) is 0.579. The zero-order valence-corrected chi connectivity index (χ0v) is 82.6. The molecular formula is C95H142N14O20S2. The summed E-state index contributed by atoms with van der Waals surface area (Å²) in [5.41, 5.74) is -1.69. The molecular weight excluding hydrogens is 1720 g/mol. The first-order valence-electron chi connectivity index (χ1n) is 44.8. The molecule has 2 saturated heterocycles. The van der Waals surface area contributed by atoms with Gasteiger partial charge in [-0.1, -0.05) is 72.8 Å². The summed E-state index contributed by atoms with van der Waals surface area (Å²) in [6.45, 7) is 31.3. The van der Waals surface area contributed by atoms with Crippen molar-refractivity contribution in [2.45, 2.75) is 174 Å². The van der Waals surface area contributed by atoms with E-state index in [1.165, 1.54) is 39.2 Å². The molecule has 131 heavy (non-hydrogen) atoms. The van der Waals surface area contributed by atoms with Crippen LogP contribution in [0.4, 0.5) is 40.1 Å². The SMILES string of the molecule is CN(C)c1cccc2c(S(=O)(=O)NCCN(CCOc3ccc(Cc4ccc(OCCN(CCNS(=O)(=O)c5cccc6c(N(C)C)cccc56)C(=O)CN5CCN(C(=O)OC(C)(C)C)CCN(C(=O)OC(C)(C)C)CCN(C(=O)OC(C)(C)C)CC5)cc4)cc3)C(=O)CN3CCN(C(=O)OC(C)(C)C)CCN(C(=O)OC(C)(C)C)CCN(C(=O)OC(C)(C)C)CC3)cccc12. The Kier molecular flexibility index (Phi) is 37.2. The molecule has 0 spiro atoms. The molecule has 2 heterocycles. The highest BCUT2D eigenvalue weighted by atomic mass is 32.2.